The molecule has 1 aliphatic rings. The molecule has 0 spiro atoms. The van der Waals surface area contributed by atoms with E-state index in [0.29, 0.717) is 5.82 Å². The Hall–Kier alpha value is -1.24. The van der Waals surface area contributed by atoms with Gasteiger partial charge in [0.1, 0.15) is 0 Å². The number of hydrogen-bond donors (Lipinski definition) is 2. The van der Waals surface area contributed by atoms with E-state index in [0.717, 1.165) is 25.3 Å². The summed E-state index contributed by atoms with van der Waals surface area (Å²) in [6.07, 6.45) is 3.64. The summed E-state index contributed by atoms with van der Waals surface area (Å²) in [5.41, 5.74) is 3.31. The van der Waals surface area contributed by atoms with Crippen molar-refractivity contribution in [1.82, 2.24) is 14.9 Å². The van der Waals surface area contributed by atoms with Crippen LogP contribution in [0.1, 0.15) is 26.5 Å². The quantitative estimate of drug-likeness (QED) is 0.610. The van der Waals surface area contributed by atoms with Crippen molar-refractivity contribution < 1.29 is 4.74 Å². The second-order valence-corrected chi connectivity index (χ2v) is 5.40. The Bertz CT molecular complexity index is 392. The fourth-order valence-corrected chi connectivity index (χ4v) is 2.45. The zero-order chi connectivity index (χ0) is 13.2. The molecule has 2 heterocycles. The van der Waals surface area contributed by atoms with Crippen molar-refractivity contribution >= 4 is 5.82 Å². The largest absolute Gasteiger partial charge is 0.370 e. The molecule has 0 bridgehead atoms. The molecule has 1 unspecified atom stereocenters. The second kappa shape index (κ2) is 5.17. The smallest absolute Gasteiger partial charge is 0.158 e. The summed E-state index contributed by atoms with van der Waals surface area (Å²) in [6.45, 7) is 8.93. The van der Waals surface area contributed by atoms with Crippen LogP contribution < -0.4 is 11.3 Å². The molecular formula is C12H21N5O. The Morgan fingerprint density at radius 1 is 1.50 bits per heavy atom. The molecule has 1 aromatic rings. The van der Waals surface area contributed by atoms with E-state index in [-0.39, 0.29) is 11.7 Å². The van der Waals surface area contributed by atoms with Crippen LogP contribution in [0.5, 0.6) is 0 Å². The van der Waals surface area contributed by atoms with Crippen LogP contribution in [0.15, 0.2) is 12.4 Å². The van der Waals surface area contributed by atoms with Crippen molar-refractivity contribution in [2.75, 3.05) is 18.5 Å². The fraction of sp³-hybridized carbons (Fsp3) is 0.667. The number of ether oxygens (including phenoxy) is 1. The average Bonchev–Trinajstić information content (AvgIpc) is 2.27. The molecule has 6 nitrogen and oxygen atoms in total. The van der Waals surface area contributed by atoms with Crippen LogP contribution in [0, 0.1) is 0 Å². The summed E-state index contributed by atoms with van der Waals surface area (Å²) < 4.78 is 5.87. The van der Waals surface area contributed by atoms with E-state index < -0.39 is 0 Å². The zero-order valence-electron chi connectivity index (χ0n) is 11.2. The molecule has 100 valence electrons. The third-order valence-electron chi connectivity index (χ3n) is 2.88. The van der Waals surface area contributed by atoms with Gasteiger partial charge in [-0.3, -0.25) is 9.88 Å². The Morgan fingerprint density at radius 2 is 2.28 bits per heavy atom. The number of nitrogen functional groups attached to an aromatic ring is 1. The van der Waals surface area contributed by atoms with Gasteiger partial charge in [-0.15, -0.1) is 0 Å². The lowest BCUT2D eigenvalue weighted by Gasteiger charge is -2.41. The first-order valence-electron chi connectivity index (χ1n) is 6.16. The van der Waals surface area contributed by atoms with Gasteiger partial charge in [0.15, 0.2) is 5.82 Å². The first-order valence-corrected chi connectivity index (χ1v) is 6.16. The Morgan fingerprint density at radius 3 is 2.83 bits per heavy atom. The first kappa shape index (κ1) is 13.2. The predicted octanol–water partition coefficient (Wildman–Crippen LogP) is 0.761. The summed E-state index contributed by atoms with van der Waals surface area (Å²) in [6, 6.07) is 0. The molecule has 1 saturated heterocycles. The summed E-state index contributed by atoms with van der Waals surface area (Å²) in [5, 5.41) is 0. The summed E-state index contributed by atoms with van der Waals surface area (Å²) in [5.74, 6) is 5.84. The van der Waals surface area contributed by atoms with E-state index in [1.165, 1.54) is 0 Å². The number of rotatable bonds is 3. The minimum absolute atomic E-state index is 0.107. The third kappa shape index (κ3) is 3.38. The molecule has 1 atom stereocenters. The van der Waals surface area contributed by atoms with Gasteiger partial charge in [-0.1, -0.05) is 0 Å². The number of nitrogens with two attached hydrogens (primary N) is 1. The average molecular weight is 251 g/mol. The molecule has 3 N–H and O–H groups in total. The minimum atomic E-state index is -0.107. The van der Waals surface area contributed by atoms with Gasteiger partial charge in [0.05, 0.1) is 29.8 Å². The maximum absolute atomic E-state index is 5.87. The Kier molecular flexibility index (Phi) is 3.79. The number of nitrogens with zero attached hydrogens (tertiary/aromatic N) is 3. The maximum atomic E-state index is 5.87. The highest BCUT2D eigenvalue weighted by Gasteiger charge is 2.31. The van der Waals surface area contributed by atoms with E-state index in [1.807, 2.05) is 0 Å². The number of morpholine rings is 1. The van der Waals surface area contributed by atoms with E-state index in [9.17, 15) is 0 Å². The highest BCUT2D eigenvalue weighted by atomic mass is 16.5. The summed E-state index contributed by atoms with van der Waals surface area (Å²) >= 11 is 0. The topological polar surface area (TPSA) is 76.3 Å². The maximum Gasteiger partial charge on any atom is 0.158 e. The molecule has 0 saturated carbocycles. The van der Waals surface area contributed by atoms with Crippen molar-refractivity contribution in [3.05, 3.63) is 18.1 Å². The van der Waals surface area contributed by atoms with Gasteiger partial charge < -0.3 is 10.2 Å². The highest BCUT2D eigenvalue weighted by molar-refractivity contribution is 5.28. The molecule has 0 aliphatic carbocycles. The molecule has 6 heteroatoms. The number of hydrogen-bond acceptors (Lipinski definition) is 6. The predicted molar refractivity (Wildman–Crippen MR) is 69.7 cm³/mol. The SMILES string of the molecule is CC1CN(Cc2cnc(NN)cn2)CC(C)(C)O1. The first-order chi connectivity index (χ1) is 8.48. The van der Waals surface area contributed by atoms with Crippen LogP contribution >= 0.6 is 0 Å². The minimum Gasteiger partial charge on any atom is -0.370 e. The van der Waals surface area contributed by atoms with Crippen LogP contribution in [0.25, 0.3) is 0 Å². The molecule has 0 radical (unpaired) electrons. The number of hydrazine groups is 1. The molecular weight excluding hydrogens is 230 g/mol. The van der Waals surface area contributed by atoms with Crippen LogP contribution in [0.3, 0.4) is 0 Å². The van der Waals surface area contributed by atoms with Crippen LogP contribution in [-0.2, 0) is 11.3 Å². The molecule has 1 aromatic heterocycles. The van der Waals surface area contributed by atoms with Crippen molar-refractivity contribution in [1.29, 1.82) is 0 Å². The lowest BCUT2D eigenvalue weighted by molar-refractivity contribution is -0.131. The van der Waals surface area contributed by atoms with E-state index >= 15 is 0 Å². The molecule has 0 amide bonds. The Labute approximate surface area is 108 Å². The van der Waals surface area contributed by atoms with Crippen LogP contribution in [0.2, 0.25) is 0 Å². The third-order valence-corrected chi connectivity index (χ3v) is 2.88. The van der Waals surface area contributed by atoms with Gasteiger partial charge in [0.2, 0.25) is 0 Å². The van der Waals surface area contributed by atoms with Crippen molar-refractivity contribution in [3.8, 4) is 0 Å². The normalized spacial score (nSPS) is 23.9. The van der Waals surface area contributed by atoms with E-state index in [1.54, 1.807) is 12.4 Å². The molecule has 18 heavy (non-hydrogen) atoms. The van der Waals surface area contributed by atoms with Gasteiger partial charge in [-0.25, -0.2) is 10.8 Å². The summed E-state index contributed by atoms with van der Waals surface area (Å²) in [4.78, 5) is 10.8. The lowest BCUT2D eigenvalue weighted by atomic mass is 10.1. The van der Waals surface area contributed by atoms with Gasteiger partial charge in [0, 0.05) is 19.6 Å². The van der Waals surface area contributed by atoms with Crippen molar-refractivity contribution in [3.63, 3.8) is 0 Å². The molecule has 1 fully saturated rings. The molecule has 0 aromatic carbocycles. The molecule has 2 rings (SSSR count). The number of anilines is 1. The highest BCUT2D eigenvalue weighted by Crippen LogP contribution is 2.21. The monoisotopic (exact) mass is 251 g/mol. The fourth-order valence-electron chi connectivity index (χ4n) is 2.45. The van der Waals surface area contributed by atoms with Crippen molar-refractivity contribution in [2.24, 2.45) is 5.84 Å². The number of aromatic nitrogens is 2. The van der Waals surface area contributed by atoms with Gasteiger partial charge >= 0.3 is 0 Å². The van der Waals surface area contributed by atoms with Crippen LogP contribution in [-0.4, -0.2) is 39.7 Å². The lowest BCUT2D eigenvalue weighted by Crippen LogP contribution is -2.51. The molecule has 1 aliphatic heterocycles. The van der Waals surface area contributed by atoms with Gasteiger partial charge in [-0.2, -0.15) is 0 Å². The number of nitrogens with one attached hydrogen (secondary N) is 1. The van der Waals surface area contributed by atoms with Crippen molar-refractivity contribution in [2.45, 2.75) is 39.0 Å². The standard InChI is InChI=1S/C12H21N5O/c1-9-6-17(8-12(2,3)18-9)7-10-4-15-11(16-13)5-14-10/h4-5,9H,6-8,13H2,1-3H3,(H,15,16). The van der Waals surface area contributed by atoms with Gasteiger partial charge in [0.25, 0.3) is 0 Å². The zero-order valence-corrected chi connectivity index (χ0v) is 11.2. The van der Waals surface area contributed by atoms with E-state index in [4.69, 9.17) is 10.6 Å². The Balaban J connectivity index is 1.99. The summed E-state index contributed by atoms with van der Waals surface area (Å²) in [7, 11) is 0. The van der Waals surface area contributed by atoms with E-state index in [2.05, 4.69) is 41.1 Å². The second-order valence-electron chi connectivity index (χ2n) is 5.40. The van der Waals surface area contributed by atoms with Gasteiger partial charge in [-0.05, 0) is 20.8 Å². The van der Waals surface area contributed by atoms with Crippen LogP contribution in [0.4, 0.5) is 5.82 Å².